The van der Waals surface area contributed by atoms with Crippen LogP contribution in [0.15, 0.2) is 12.2 Å². The van der Waals surface area contributed by atoms with Gasteiger partial charge in [0.25, 0.3) is 0 Å². The second-order valence-corrected chi connectivity index (χ2v) is 11.6. The maximum atomic E-state index is 10.6. The molecule has 4 rings (SSSR count). The van der Waals surface area contributed by atoms with Crippen molar-refractivity contribution in [2.45, 2.75) is 91.6 Å². The summed E-state index contributed by atoms with van der Waals surface area (Å²) in [5.74, 6) is 6.84. The van der Waals surface area contributed by atoms with Crippen molar-refractivity contribution in [3.05, 3.63) is 12.2 Å². The molecular weight excluding hydrogens is 316 g/mol. The molecule has 10 atom stereocenters. The molecule has 0 aliphatic heterocycles. The topological polar surface area (TPSA) is 20.2 Å². The zero-order valence-electron chi connectivity index (χ0n) is 17.9. The molecule has 0 radical (unpaired) electrons. The normalized spacial score (nSPS) is 56.8. The van der Waals surface area contributed by atoms with Gasteiger partial charge in [0.15, 0.2) is 0 Å². The maximum absolute atomic E-state index is 10.6. The standard InChI is InChI=1S/C25H42O/c1-15(2)22-13-16(3)17(4)23-21-8-7-18-14-24(5,26)11-9-19(18)20(21)10-12-25(22,23)6/h16-23,26H,1,7-14H2,2-6H3/t16-,17+,18+,19-,20+,21+,22+,23-,24+,25+/m0/s1. The number of hydrogen-bond donors (Lipinski definition) is 1. The van der Waals surface area contributed by atoms with E-state index in [1.54, 1.807) is 0 Å². The smallest absolute Gasteiger partial charge is 0.0622 e. The van der Waals surface area contributed by atoms with Crippen molar-refractivity contribution in [3.63, 3.8) is 0 Å². The first kappa shape index (κ1) is 19.0. The van der Waals surface area contributed by atoms with Gasteiger partial charge in [-0.25, -0.2) is 0 Å². The predicted molar refractivity (Wildman–Crippen MR) is 110 cm³/mol. The quantitative estimate of drug-likeness (QED) is 0.533. The zero-order chi connectivity index (χ0) is 18.9. The molecule has 0 heterocycles. The van der Waals surface area contributed by atoms with Gasteiger partial charge in [-0.1, -0.05) is 32.9 Å². The molecule has 4 aliphatic rings. The van der Waals surface area contributed by atoms with Gasteiger partial charge in [-0.05, 0) is 118 Å². The molecule has 0 aromatic carbocycles. The highest BCUT2D eigenvalue weighted by molar-refractivity contribution is 5.14. The molecule has 0 unspecified atom stereocenters. The van der Waals surface area contributed by atoms with Crippen LogP contribution in [0.2, 0.25) is 0 Å². The summed E-state index contributed by atoms with van der Waals surface area (Å²) < 4.78 is 0. The third-order valence-corrected chi connectivity index (χ3v) is 10.00. The van der Waals surface area contributed by atoms with E-state index in [9.17, 15) is 5.11 Å². The molecule has 0 amide bonds. The fourth-order valence-corrected chi connectivity index (χ4v) is 8.73. The van der Waals surface area contributed by atoms with Gasteiger partial charge in [0.2, 0.25) is 0 Å². The summed E-state index contributed by atoms with van der Waals surface area (Å²) >= 11 is 0. The first-order valence-electron chi connectivity index (χ1n) is 11.5. The van der Waals surface area contributed by atoms with E-state index < -0.39 is 5.60 Å². The molecule has 0 aromatic heterocycles. The van der Waals surface area contributed by atoms with Crippen molar-refractivity contribution in [1.82, 2.24) is 0 Å². The van der Waals surface area contributed by atoms with Crippen molar-refractivity contribution in [2.24, 2.45) is 52.8 Å². The summed E-state index contributed by atoms with van der Waals surface area (Å²) in [6, 6.07) is 0. The Morgan fingerprint density at radius 3 is 2.35 bits per heavy atom. The van der Waals surface area contributed by atoms with Crippen molar-refractivity contribution in [2.75, 3.05) is 0 Å². The lowest BCUT2D eigenvalue weighted by molar-refractivity contribution is -0.147. The average Bonchev–Trinajstić information content (AvgIpc) is 2.56. The SMILES string of the molecule is C=C(C)[C@H]1C[C@H](C)[C@@H](C)[C@H]2[C@@H]3CC[C@@H]4C[C@](C)(O)CC[C@@H]4[C@H]3CC[C@@]21C. The largest absolute Gasteiger partial charge is 0.390 e. The Balaban J connectivity index is 1.63. The van der Waals surface area contributed by atoms with E-state index >= 15 is 0 Å². The molecule has 0 saturated heterocycles. The van der Waals surface area contributed by atoms with E-state index in [-0.39, 0.29) is 0 Å². The van der Waals surface area contributed by atoms with Crippen LogP contribution in [0.3, 0.4) is 0 Å². The molecule has 1 heteroatoms. The monoisotopic (exact) mass is 358 g/mol. The lowest BCUT2D eigenvalue weighted by atomic mass is 9.41. The third-order valence-electron chi connectivity index (χ3n) is 10.00. The summed E-state index contributed by atoms with van der Waals surface area (Å²) in [5, 5.41) is 10.6. The highest BCUT2D eigenvalue weighted by Crippen LogP contribution is 2.66. The molecule has 1 nitrogen and oxygen atoms in total. The molecule has 0 bridgehead atoms. The van der Waals surface area contributed by atoms with E-state index in [4.69, 9.17) is 0 Å². The van der Waals surface area contributed by atoms with Crippen LogP contribution in [0.25, 0.3) is 0 Å². The average molecular weight is 359 g/mol. The number of hydrogen-bond acceptors (Lipinski definition) is 1. The van der Waals surface area contributed by atoms with E-state index in [1.807, 2.05) is 0 Å². The fourth-order valence-electron chi connectivity index (χ4n) is 8.73. The van der Waals surface area contributed by atoms with Crippen LogP contribution in [0.1, 0.15) is 86.0 Å². The van der Waals surface area contributed by atoms with Crippen LogP contribution in [0.5, 0.6) is 0 Å². The Hall–Kier alpha value is -0.300. The fraction of sp³-hybridized carbons (Fsp3) is 0.920. The summed E-state index contributed by atoms with van der Waals surface area (Å²) in [4.78, 5) is 0. The van der Waals surface area contributed by atoms with Crippen molar-refractivity contribution < 1.29 is 5.11 Å². The van der Waals surface area contributed by atoms with Gasteiger partial charge >= 0.3 is 0 Å². The first-order chi connectivity index (χ1) is 12.1. The number of rotatable bonds is 1. The van der Waals surface area contributed by atoms with E-state index in [2.05, 4.69) is 41.2 Å². The van der Waals surface area contributed by atoms with E-state index in [1.165, 1.54) is 44.1 Å². The second kappa shape index (κ2) is 6.36. The molecule has 1 N–H and O–H groups in total. The Labute approximate surface area is 162 Å². The molecule has 0 aromatic rings. The van der Waals surface area contributed by atoms with Crippen molar-refractivity contribution in [3.8, 4) is 0 Å². The van der Waals surface area contributed by atoms with Gasteiger partial charge < -0.3 is 5.11 Å². The van der Waals surface area contributed by atoms with Gasteiger partial charge in [-0.15, -0.1) is 0 Å². The highest BCUT2D eigenvalue weighted by Gasteiger charge is 2.58. The summed E-state index contributed by atoms with van der Waals surface area (Å²) in [6.45, 7) is 16.5. The Morgan fingerprint density at radius 2 is 1.65 bits per heavy atom. The van der Waals surface area contributed by atoms with Gasteiger partial charge in [0.05, 0.1) is 5.60 Å². The molecular formula is C25H42O. The lowest BCUT2D eigenvalue weighted by Crippen LogP contribution is -2.57. The second-order valence-electron chi connectivity index (χ2n) is 11.6. The number of fused-ring (bicyclic) bond motifs is 5. The van der Waals surface area contributed by atoms with Gasteiger partial charge in [0.1, 0.15) is 0 Å². The van der Waals surface area contributed by atoms with Crippen LogP contribution >= 0.6 is 0 Å². The maximum Gasteiger partial charge on any atom is 0.0622 e. The molecule has 4 fully saturated rings. The van der Waals surface area contributed by atoms with Gasteiger partial charge in [-0.3, -0.25) is 0 Å². The number of allylic oxidation sites excluding steroid dienone is 1. The van der Waals surface area contributed by atoms with E-state index in [0.717, 1.165) is 60.2 Å². The predicted octanol–water partition coefficient (Wildman–Crippen LogP) is 6.46. The van der Waals surface area contributed by atoms with Crippen LogP contribution < -0.4 is 0 Å². The van der Waals surface area contributed by atoms with Crippen LogP contribution in [-0.2, 0) is 0 Å². The minimum absolute atomic E-state index is 0.394. The van der Waals surface area contributed by atoms with Crippen molar-refractivity contribution in [1.29, 1.82) is 0 Å². The Kier molecular flexibility index (Phi) is 4.66. The minimum Gasteiger partial charge on any atom is -0.390 e. The molecule has 148 valence electrons. The van der Waals surface area contributed by atoms with E-state index in [0.29, 0.717) is 5.41 Å². The molecule has 26 heavy (non-hydrogen) atoms. The van der Waals surface area contributed by atoms with Crippen LogP contribution in [0.4, 0.5) is 0 Å². The molecule has 0 spiro atoms. The van der Waals surface area contributed by atoms with Gasteiger partial charge in [0, 0.05) is 0 Å². The summed E-state index contributed by atoms with van der Waals surface area (Å²) in [7, 11) is 0. The Morgan fingerprint density at radius 1 is 0.962 bits per heavy atom. The first-order valence-corrected chi connectivity index (χ1v) is 11.5. The highest BCUT2D eigenvalue weighted by atomic mass is 16.3. The summed E-state index contributed by atoms with van der Waals surface area (Å²) in [5.41, 5.74) is 1.53. The molecule has 4 aliphatic carbocycles. The van der Waals surface area contributed by atoms with Crippen molar-refractivity contribution >= 4 is 0 Å². The third kappa shape index (κ3) is 2.83. The number of aliphatic hydroxyl groups is 1. The minimum atomic E-state index is -0.394. The van der Waals surface area contributed by atoms with Crippen LogP contribution in [0, 0.1) is 52.8 Å². The van der Waals surface area contributed by atoms with Crippen LogP contribution in [-0.4, -0.2) is 10.7 Å². The molecule has 4 saturated carbocycles. The Bertz CT molecular complexity index is 563. The lowest BCUT2D eigenvalue weighted by Gasteiger charge is -2.64. The van der Waals surface area contributed by atoms with Gasteiger partial charge in [-0.2, -0.15) is 0 Å². The zero-order valence-corrected chi connectivity index (χ0v) is 17.9. The summed E-state index contributed by atoms with van der Waals surface area (Å²) in [6.07, 6.45) is 10.4.